The molecule has 0 radical (unpaired) electrons. The lowest BCUT2D eigenvalue weighted by atomic mass is 10.2. The monoisotopic (exact) mass is 306 g/mol. The number of halogens is 1. The summed E-state index contributed by atoms with van der Waals surface area (Å²) in [6, 6.07) is 4.48. The number of rotatable bonds is 3. The van der Waals surface area contributed by atoms with Gasteiger partial charge < -0.3 is 4.52 Å². The Kier molecular flexibility index (Phi) is 3.13. The first-order valence-corrected chi connectivity index (χ1v) is 6.57. The number of nitro benzene ring substituents is 1. The highest BCUT2D eigenvalue weighted by Crippen LogP contribution is 2.28. The quantitative estimate of drug-likeness (QED) is 0.547. The molecule has 0 spiro atoms. The average Bonchev–Trinajstić information content (AvgIpc) is 2.93. The molecule has 0 bridgehead atoms. The fraction of sp³-hybridized carbons (Fsp3) is 0.231. The van der Waals surface area contributed by atoms with Crippen LogP contribution in [0.15, 0.2) is 22.7 Å². The van der Waals surface area contributed by atoms with Gasteiger partial charge in [0.05, 0.1) is 22.7 Å². The van der Waals surface area contributed by atoms with Gasteiger partial charge in [0, 0.05) is 23.1 Å². The van der Waals surface area contributed by atoms with Gasteiger partial charge in [-0.1, -0.05) is 16.8 Å². The van der Waals surface area contributed by atoms with Crippen molar-refractivity contribution in [3.63, 3.8) is 0 Å². The van der Waals surface area contributed by atoms with E-state index in [-0.39, 0.29) is 5.69 Å². The predicted octanol–water partition coefficient (Wildman–Crippen LogP) is 3.25. The normalized spacial score (nSPS) is 11.2. The maximum absolute atomic E-state index is 10.9. The van der Waals surface area contributed by atoms with E-state index in [9.17, 15) is 10.1 Å². The van der Waals surface area contributed by atoms with Gasteiger partial charge >= 0.3 is 0 Å². The third-order valence-corrected chi connectivity index (χ3v) is 3.67. The number of nitro groups is 1. The summed E-state index contributed by atoms with van der Waals surface area (Å²) < 4.78 is 6.74. The molecule has 1 aromatic carbocycles. The van der Waals surface area contributed by atoms with Gasteiger partial charge in [0.15, 0.2) is 5.15 Å². The zero-order valence-electron chi connectivity index (χ0n) is 11.3. The van der Waals surface area contributed by atoms with Gasteiger partial charge in [-0.15, -0.1) is 0 Å². The molecule has 108 valence electrons. The number of hydrogen-bond donors (Lipinski definition) is 0. The van der Waals surface area contributed by atoms with Crippen LogP contribution in [0.25, 0.3) is 10.9 Å². The molecule has 0 aliphatic heterocycles. The van der Waals surface area contributed by atoms with Crippen molar-refractivity contribution in [2.75, 3.05) is 0 Å². The highest BCUT2D eigenvalue weighted by atomic mass is 35.5. The molecule has 3 aromatic rings. The van der Waals surface area contributed by atoms with E-state index in [0.29, 0.717) is 28.4 Å². The molecule has 3 rings (SSSR count). The molecule has 0 aliphatic carbocycles. The second-order valence-electron chi connectivity index (χ2n) is 4.71. The molecule has 0 atom stereocenters. The maximum Gasteiger partial charge on any atom is 0.271 e. The molecule has 0 saturated carbocycles. The number of aromatic nitrogens is 3. The minimum Gasteiger partial charge on any atom is -0.361 e. The lowest BCUT2D eigenvalue weighted by Crippen LogP contribution is -2.03. The molecule has 21 heavy (non-hydrogen) atoms. The molecule has 2 heterocycles. The Morgan fingerprint density at radius 2 is 2.19 bits per heavy atom. The number of hydrogen-bond acceptors (Lipinski definition) is 5. The van der Waals surface area contributed by atoms with E-state index in [0.717, 1.165) is 11.3 Å². The molecule has 7 nitrogen and oxygen atoms in total. The minimum atomic E-state index is -0.444. The van der Waals surface area contributed by atoms with Gasteiger partial charge in [-0.05, 0) is 19.9 Å². The minimum absolute atomic E-state index is 0.000853. The lowest BCUT2D eigenvalue weighted by molar-refractivity contribution is -0.384. The second-order valence-corrected chi connectivity index (χ2v) is 5.07. The summed E-state index contributed by atoms with van der Waals surface area (Å²) in [4.78, 5) is 10.5. The second kappa shape index (κ2) is 4.85. The first kappa shape index (κ1) is 13.6. The Morgan fingerprint density at radius 3 is 2.81 bits per heavy atom. The SMILES string of the molecule is Cc1noc(C)c1Cn1nc(Cl)c2ccc([N+](=O)[O-])cc21. The fourth-order valence-corrected chi connectivity index (χ4v) is 2.48. The van der Waals surface area contributed by atoms with E-state index >= 15 is 0 Å². The zero-order chi connectivity index (χ0) is 15.1. The Hall–Kier alpha value is -2.41. The maximum atomic E-state index is 10.9. The van der Waals surface area contributed by atoms with Gasteiger partial charge in [0.2, 0.25) is 0 Å². The summed E-state index contributed by atoms with van der Waals surface area (Å²) in [5.41, 5.74) is 2.26. The van der Waals surface area contributed by atoms with Gasteiger partial charge in [-0.2, -0.15) is 5.10 Å². The third kappa shape index (κ3) is 2.25. The van der Waals surface area contributed by atoms with Crippen molar-refractivity contribution in [1.82, 2.24) is 14.9 Å². The van der Waals surface area contributed by atoms with Crippen LogP contribution in [0.4, 0.5) is 5.69 Å². The number of benzene rings is 1. The van der Waals surface area contributed by atoms with E-state index in [2.05, 4.69) is 10.3 Å². The number of fused-ring (bicyclic) bond motifs is 1. The van der Waals surface area contributed by atoms with Crippen molar-refractivity contribution >= 4 is 28.2 Å². The highest BCUT2D eigenvalue weighted by molar-refractivity contribution is 6.34. The van der Waals surface area contributed by atoms with E-state index < -0.39 is 4.92 Å². The van der Waals surface area contributed by atoms with Gasteiger partial charge in [-0.25, -0.2) is 0 Å². The third-order valence-electron chi connectivity index (χ3n) is 3.39. The van der Waals surface area contributed by atoms with Crippen molar-refractivity contribution in [3.05, 3.63) is 50.5 Å². The number of aryl methyl sites for hydroxylation is 2. The molecule has 0 fully saturated rings. The fourth-order valence-electron chi connectivity index (χ4n) is 2.23. The smallest absolute Gasteiger partial charge is 0.271 e. The Balaban J connectivity index is 2.14. The Bertz CT molecular complexity index is 833. The first-order chi connectivity index (χ1) is 9.97. The topological polar surface area (TPSA) is 87.0 Å². The van der Waals surface area contributed by atoms with Gasteiger partial charge in [0.1, 0.15) is 5.76 Å². The number of non-ortho nitro benzene ring substituents is 1. The van der Waals surface area contributed by atoms with E-state index in [1.54, 1.807) is 10.7 Å². The van der Waals surface area contributed by atoms with Crippen LogP contribution in [-0.4, -0.2) is 19.9 Å². The van der Waals surface area contributed by atoms with Crippen molar-refractivity contribution in [3.8, 4) is 0 Å². The van der Waals surface area contributed by atoms with Crippen molar-refractivity contribution in [2.24, 2.45) is 0 Å². The summed E-state index contributed by atoms with van der Waals surface area (Å²) in [7, 11) is 0. The van der Waals surface area contributed by atoms with Crippen LogP contribution < -0.4 is 0 Å². The molecule has 0 N–H and O–H groups in total. The van der Waals surface area contributed by atoms with Crippen molar-refractivity contribution in [1.29, 1.82) is 0 Å². The molecule has 0 amide bonds. The summed E-state index contributed by atoms with van der Waals surface area (Å²) in [5.74, 6) is 0.692. The molecule has 0 unspecified atom stereocenters. The van der Waals surface area contributed by atoms with Crippen molar-refractivity contribution < 1.29 is 9.45 Å². The molecule has 0 aliphatic rings. The summed E-state index contributed by atoms with van der Waals surface area (Å²) >= 11 is 6.09. The van der Waals surface area contributed by atoms with Crippen LogP contribution in [-0.2, 0) is 6.54 Å². The molecule has 2 aromatic heterocycles. The lowest BCUT2D eigenvalue weighted by Gasteiger charge is -2.03. The highest BCUT2D eigenvalue weighted by Gasteiger charge is 2.16. The van der Waals surface area contributed by atoms with Crippen LogP contribution >= 0.6 is 11.6 Å². The molecular weight excluding hydrogens is 296 g/mol. The zero-order valence-corrected chi connectivity index (χ0v) is 12.1. The summed E-state index contributed by atoms with van der Waals surface area (Å²) in [5, 5.41) is 20.0. The van der Waals surface area contributed by atoms with Crippen LogP contribution in [0.5, 0.6) is 0 Å². The van der Waals surface area contributed by atoms with Crippen LogP contribution in [0.1, 0.15) is 17.0 Å². The van der Waals surface area contributed by atoms with Gasteiger partial charge in [-0.3, -0.25) is 14.8 Å². The Labute approximate surface area is 124 Å². The summed E-state index contributed by atoms with van der Waals surface area (Å²) in [6.45, 7) is 4.04. The molecular formula is C13H11ClN4O3. The molecule has 0 saturated heterocycles. The average molecular weight is 307 g/mol. The van der Waals surface area contributed by atoms with Crippen molar-refractivity contribution in [2.45, 2.75) is 20.4 Å². The predicted molar refractivity (Wildman–Crippen MR) is 76.5 cm³/mol. The standard InChI is InChI=1S/C13H11ClN4O3/c1-7-11(8(2)21-16-7)6-17-12-5-9(18(19)20)3-4-10(12)13(14)15-17/h3-5H,6H2,1-2H3. The van der Waals surface area contributed by atoms with Crippen LogP contribution in [0.3, 0.4) is 0 Å². The largest absolute Gasteiger partial charge is 0.361 e. The first-order valence-electron chi connectivity index (χ1n) is 6.19. The van der Waals surface area contributed by atoms with E-state index in [4.69, 9.17) is 16.1 Å². The van der Waals surface area contributed by atoms with E-state index in [1.165, 1.54) is 12.1 Å². The molecule has 8 heteroatoms. The number of nitrogens with zero attached hydrogens (tertiary/aromatic N) is 4. The summed E-state index contributed by atoms with van der Waals surface area (Å²) in [6.07, 6.45) is 0. The Morgan fingerprint density at radius 1 is 1.43 bits per heavy atom. The van der Waals surface area contributed by atoms with Crippen LogP contribution in [0.2, 0.25) is 5.15 Å². The van der Waals surface area contributed by atoms with Crippen LogP contribution in [0, 0.1) is 24.0 Å². The van der Waals surface area contributed by atoms with Gasteiger partial charge in [0.25, 0.3) is 5.69 Å². The van der Waals surface area contributed by atoms with E-state index in [1.807, 2.05) is 13.8 Å².